The summed E-state index contributed by atoms with van der Waals surface area (Å²) >= 11 is 0. The lowest BCUT2D eigenvalue weighted by molar-refractivity contribution is 0.670. The maximum atomic E-state index is 6.53. The van der Waals surface area contributed by atoms with Crippen LogP contribution in [0.15, 0.2) is 271 Å². The highest BCUT2D eigenvalue weighted by Crippen LogP contribution is 2.64. The van der Waals surface area contributed by atoms with Gasteiger partial charge in [-0.1, -0.05) is 200 Å². The second-order valence-corrected chi connectivity index (χ2v) is 18.4. The Labute approximate surface area is 407 Å². The van der Waals surface area contributed by atoms with Crippen molar-refractivity contribution in [2.45, 2.75) is 5.41 Å². The normalized spacial score (nSPS) is 14.6. The van der Waals surface area contributed by atoms with Gasteiger partial charge in [-0.2, -0.15) is 0 Å². The molecule has 3 nitrogen and oxygen atoms in total. The van der Waals surface area contributed by atoms with E-state index in [1.54, 1.807) is 0 Å². The summed E-state index contributed by atoms with van der Waals surface area (Å²) in [4.78, 5) is 4.96. The third-order valence-corrected chi connectivity index (χ3v) is 14.7. The molecule has 0 aliphatic carbocycles. The average Bonchev–Trinajstić information content (AvgIpc) is 3.83. The van der Waals surface area contributed by atoms with E-state index in [2.05, 4.69) is 271 Å². The molecule has 0 saturated heterocycles. The van der Waals surface area contributed by atoms with Crippen molar-refractivity contribution in [2.24, 2.45) is 0 Å². The Kier molecular flexibility index (Phi) is 9.11. The van der Waals surface area contributed by atoms with Crippen molar-refractivity contribution in [1.82, 2.24) is 0 Å². The molecular formula is C67H44N2O. The minimum atomic E-state index is -0.735. The van der Waals surface area contributed by atoms with Gasteiger partial charge < -0.3 is 14.2 Å². The van der Waals surface area contributed by atoms with E-state index in [1.807, 2.05) is 6.07 Å². The van der Waals surface area contributed by atoms with Crippen LogP contribution in [0.5, 0.6) is 0 Å². The van der Waals surface area contributed by atoms with Crippen LogP contribution in [0, 0.1) is 0 Å². The molecule has 3 heterocycles. The Bertz CT molecular complexity index is 3930. The summed E-state index contributed by atoms with van der Waals surface area (Å²) < 4.78 is 6.53. The van der Waals surface area contributed by atoms with Crippen LogP contribution in [0.2, 0.25) is 0 Å². The maximum absolute atomic E-state index is 6.53. The Balaban J connectivity index is 1.02. The zero-order chi connectivity index (χ0) is 46.2. The van der Waals surface area contributed by atoms with Crippen molar-refractivity contribution < 1.29 is 4.42 Å². The van der Waals surface area contributed by atoms with Gasteiger partial charge in [0, 0.05) is 27.7 Å². The number of nitrogens with zero attached hydrogens (tertiary/aromatic N) is 2. The van der Waals surface area contributed by atoms with Crippen LogP contribution in [0.3, 0.4) is 0 Å². The molecule has 1 unspecified atom stereocenters. The first kappa shape index (κ1) is 39.9. The van der Waals surface area contributed by atoms with Crippen LogP contribution in [-0.2, 0) is 5.41 Å². The van der Waals surface area contributed by atoms with Crippen molar-refractivity contribution in [3.63, 3.8) is 0 Å². The highest BCUT2D eigenvalue weighted by molar-refractivity contribution is 6.09. The number of para-hydroxylation sites is 4. The first-order valence-corrected chi connectivity index (χ1v) is 24.1. The van der Waals surface area contributed by atoms with Gasteiger partial charge in [0.1, 0.15) is 11.2 Å². The van der Waals surface area contributed by atoms with E-state index in [1.165, 1.54) is 55.6 Å². The standard InChI is InChI=1S/C67H44N2O/c1-4-17-45(18-5-1)48-31-37-52(38-32-48)68-61-28-13-11-26-57(61)67(59-43-50(35-41-63(59)68)46-19-6-2-7-20-46)58-27-12-14-29-62(58)69(64-42-36-51(44-60(64)67)47-21-8-3-9-22-47)53-39-33-49(34-40-53)54-24-16-25-56-55-23-10-15-30-65(55)70-66(54)56/h1-44H. The molecule has 0 radical (unpaired) electrons. The van der Waals surface area contributed by atoms with Gasteiger partial charge in [0.15, 0.2) is 0 Å². The molecule has 12 aromatic rings. The number of benzene rings is 11. The molecular weight excluding hydrogens is 849 g/mol. The largest absolute Gasteiger partial charge is 0.455 e. The molecule has 0 bridgehead atoms. The molecule has 3 heteroatoms. The minimum absolute atomic E-state index is 0.735. The summed E-state index contributed by atoms with van der Waals surface area (Å²) in [5.74, 6) is 0. The zero-order valence-electron chi connectivity index (χ0n) is 38.2. The smallest absolute Gasteiger partial charge is 0.143 e. The molecule has 0 fully saturated rings. The molecule has 328 valence electrons. The first-order chi connectivity index (χ1) is 34.7. The summed E-state index contributed by atoms with van der Waals surface area (Å²) in [6, 6.07) is 97.6. The quantitative estimate of drug-likeness (QED) is 0.166. The predicted molar refractivity (Wildman–Crippen MR) is 290 cm³/mol. The summed E-state index contributed by atoms with van der Waals surface area (Å²) in [6.45, 7) is 0. The van der Waals surface area contributed by atoms with E-state index in [9.17, 15) is 0 Å². The fourth-order valence-electron chi connectivity index (χ4n) is 11.5. The van der Waals surface area contributed by atoms with E-state index in [-0.39, 0.29) is 0 Å². The van der Waals surface area contributed by atoms with Crippen molar-refractivity contribution in [3.05, 3.63) is 289 Å². The average molecular weight is 893 g/mol. The monoisotopic (exact) mass is 892 g/mol. The van der Waals surface area contributed by atoms with Crippen LogP contribution < -0.4 is 9.80 Å². The molecule has 1 spiro atoms. The maximum Gasteiger partial charge on any atom is 0.143 e. The Morgan fingerprint density at radius 3 is 1.21 bits per heavy atom. The molecule has 2 aliphatic rings. The molecule has 2 aliphatic heterocycles. The van der Waals surface area contributed by atoms with Crippen molar-refractivity contribution in [1.29, 1.82) is 0 Å². The number of hydrogen-bond donors (Lipinski definition) is 0. The number of hydrogen-bond acceptors (Lipinski definition) is 3. The summed E-state index contributed by atoms with van der Waals surface area (Å²) in [7, 11) is 0. The fraction of sp³-hybridized carbons (Fsp3) is 0.0149. The van der Waals surface area contributed by atoms with Crippen LogP contribution >= 0.6 is 0 Å². The molecule has 14 rings (SSSR count). The van der Waals surface area contributed by atoms with E-state index in [4.69, 9.17) is 4.42 Å². The third kappa shape index (κ3) is 6.08. The summed E-state index contributed by atoms with van der Waals surface area (Å²) in [5, 5.41) is 2.26. The molecule has 0 amide bonds. The van der Waals surface area contributed by atoms with Gasteiger partial charge in [-0.15, -0.1) is 0 Å². The first-order valence-electron chi connectivity index (χ1n) is 24.1. The van der Waals surface area contributed by atoms with Crippen LogP contribution in [0.4, 0.5) is 34.1 Å². The number of anilines is 6. The van der Waals surface area contributed by atoms with Gasteiger partial charge in [0.25, 0.3) is 0 Å². The molecule has 1 atom stereocenters. The Morgan fingerprint density at radius 2 is 0.671 bits per heavy atom. The highest BCUT2D eigenvalue weighted by Gasteiger charge is 2.52. The Hall–Kier alpha value is -9.18. The third-order valence-electron chi connectivity index (χ3n) is 14.7. The second kappa shape index (κ2) is 16.0. The summed E-state index contributed by atoms with van der Waals surface area (Å²) in [5.41, 5.74) is 22.0. The molecule has 1 aromatic heterocycles. The lowest BCUT2D eigenvalue weighted by Crippen LogP contribution is -2.42. The van der Waals surface area contributed by atoms with Gasteiger partial charge in [-0.3, -0.25) is 0 Å². The molecule has 0 saturated carbocycles. The van der Waals surface area contributed by atoms with Gasteiger partial charge in [0.05, 0.1) is 28.2 Å². The van der Waals surface area contributed by atoms with Crippen molar-refractivity contribution in [2.75, 3.05) is 9.80 Å². The fourth-order valence-corrected chi connectivity index (χ4v) is 11.5. The number of furan rings is 1. The number of rotatable bonds is 6. The van der Waals surface area contributed by atoms with E-state index < -0.39 is 5.41 Å². The Morgan fingerprint density at radius 1 is 0.271 bits per heavy atom. The van der Waals surface area contributed by atoms with Crippen molar-refractivity contribution in [3.8, 4) is 44.5 Å². The zero-order valence-corrected chi connectivity index (χ0v) is 38.2. The lowest BCUT2D eigenvalue weighted by atomic mass is 9.59. The van der Waals surface area contributed by atoms with E-state index in [0.717, 1.165) is 67.2 Å². The van der Waals surface area contributed by atoms with Crippen LogP contribution in [0.25, 0.3) is 66.4 Å². The SMILES string of the molecule is c1ccc(-c2ccc(N3c4ccccc4C4(c5ccccc5N(c5ccc(-c6cccc7c6oc6ccccc67)cc5)c5ccc(-c6ccccc6)cc54)c4cc(-c5ccccc5)ccc43)cc2)cc1. The highest BCUT2D eigenvalue weighted by atomic mass is 16.3. The van der Waals surface area contributed by atoms with Crippen LogP contribution in [-0.4, -0.2) is 0 Å². The van der Waals surface area contributed by atoms with Crippen LogP contribution in [0.1, 0.15) is 22.3 Å². The molecule has 0 N–H and O–H groups in total. The van der Waals surface area contributed by atoms with Gasteiger partial charge in [-0.05, 0) is 128 Å². The van der Waals surface area contributed by atoms with Gasteiger partial charge in [0.2, 0.25) is 0 Å². The lowest BCUT2D eigenvalue weighted by Gasteiger charge is -2.51. The summed E-state index contributed by atoms with van der Waals surface area (Å²) in [6.07, 6.45) is 0. The molecule has 70 heavy (non-hydrogen) atoms. The van der Waals surface area contributed by atoms with E-state index >= 15 is 0 Å². The number of fused-ring (bicyclic) bond motifs is 11. The predicted octanol–water partition coefficient (Wildman–Crippen LogP) is 18.2. The minimum Gasteiger partial charge on any atom is -0.455 e. The molecule has 11 aromatic carbocycles. The van der Waals surface area contributed by atoms with Crippen molar-refractivity contribution >= 4 is 56.1 Å². The topological polar surface area (TPSA) is 19.6 Å². The van der Waals surface area contributed by atoms with E-state index in [0.29, 0.717) is 0 Å². The second-order valence-electron chi connectivity index (χ2n) is 18.4. The van der Waals surface area contributed by atoms with Gasteiger partial charge >= 0.3 is 0 Å². The van der Waals surface area contributed by atoms with Gasteiger partial charge in [-0.25, -0.2) is 0 Å².